The van der Waals surface area contributed by atoms with Crippen molar-refractivity contribution in [1.29, 1.82) is 0 Å². The number of aromatic nitrogens is 2. The number of hydrogen-bond donors (Lipinski definition) is 0. The van der Waals surface area contributed by atoms with Crippen LogP contribution in [0.3, 0.4) is 0 Å². The van der Waals surface area contributed by atoms with Gasteiger partial charge in [-0.1, -0.05) is 0 Å². The Kier molecular flexibility index (Phi) is 2.98. The van der Waals surface area contributed by atoms with E-state index in [0.717, 1.165) is 11.6 Å². The zero-order valence-electron chi connectivity index (χ0n) is 9.92. The van der Waals surface area contributed by atoms with E-state index in [-0.39, 0.29) is 0 Å². The largest absolute Gasteiger partial charge is 0.431 e. The summed E-state index contributed by atoms with van der Waals surface area (Å²) in [4.78, 5) is 23.3. The second kappa shape index (κ2) is 3.75. The van der Waals surface area contributed by atoms with Crippen LogP contribution in [0.4, 0.5) is 13.2 Å². The van der Waals surface area contributed by atoms with Gasteiger partial charge in [-0.25, -0.2) is 4.79 Å². The molecule has 0 N–H and O–H groups in total. The molecular weight excluding hydrogens is 237 g/mol. The Labute approximate surface area is 95.3 Å². The Balaban J connectivity index is 3.73. The molecule has 0 aliphatic heterocycles. The fourth-order valence-electron chi connectivity index (χ4n) is 1.52. The zero-order chi connectivity index (χ0) is 13.6. The van der Waals surface area contributed by atoms with Crippen LogP contribution in [0, 0.1) is 0 Å². The number of alkyl halides is 3. The minimum atomic E-state index is -4.72. The molecule has 0 fully saturated rings. The summed E-state index contributed by atoms with van der Waals surface area (Å²) in [5.74, 6) is 0. The monoisotopic (exact) mass is 250 g/mol. The molecule has 17 heavy (non-hydrogen) atoms. The summed E-state index contributed by atoms with van der Waals surface area (Å²) in [6.45, 7) is 4.72. The molecule has 0 saturated heterocycles. The minimum Gasteiger partial charge on any atom is -0.292 e. The Morgan fingerprint density at radius 3 is 1.94 bits per heavy atom. The molecular formula is C10H13F3N2O2. The fourth-order valence-corrected chi connectivity index (χ4v) is 1.52. The first kappa shape index (κ1) is 13.5. The molecule has 4 nitrogen and oxygen atoms in total. The second-order valence-corrected chi connectivity index (χ2v) is 4.71. The summed E-state index contributed by atoms with van der Waals surface area (Å²) in [7, 11) is 0.993. The lowest BCUT2D eigenvalue weighted by molar-refractivity contribution is -0.144. The van der Waals surface area contributed by atoms with Gasteiger partial charge in [0.1, 0.15) is 5.69 Å². The van der Waals surface area contributed by atoms with Crippen LogP contribution in [0.1, 0.15) is 26.5 Å². The molecule has 0 radical (unpaired) electrons. The molecule has 0 aliphatic rings. The SMILES string of the molecule is Cn1c(C(F)(F)F)cc(=O)n(C(C)(C)C)c1=O. The van der Waals surface area contributed by atoms with Crippen molar-refractivity contribution in [2.75, 3.05) is 0 Å². The molecule has 0 saturated carbocycles. The van der Waals surface area contributed by atoms with Gasteiger partial charge in [0.15, 0.2) is 0 Å². The highest BCUT2D eigenvalue weighted by atomic mass is 19.4. The van der Waals surface area contributed by atoms with Gasteiger partial charge in [0, 0.05) is 18.7 Å². The summed E-state index contributed by atoms with van der Waals surface area (Å²) < 4.78 is 38.8. The lowest BCUT2D eigenvalue weighted by Gasteiger charge is -2.23. The van der Waals surface area contributed by atoms with Gasteiger partial charge in [-0.2, -0.15) is 13.2 Å². The molecule has 0 unspecified atom stereocenters. The molecule has 0 spiro atoms. The summed E-state index contributed by atoms with van der Waals surface area (Å²) in [6.07, 6.45) is -4.72. The molecule has 1 rings (SSSR count). The number of nitrogens with zero attached hydrogens (tertiary/aromatic N) is 2. The van der Waals surface area contributed by atoms with Gasteiger partial charge in [0.05, 0.1) is 0 Å². The Morgan fingerprint density at radius 2 is 1.59 bits per heavy atom. The molecule has 0 aliphatic carbocycles. The number of halogens is 3. The molecule has 1 heterocycles. The maximum Gasteiger partial charge on any atom is 0.431 e. The normalized spacial score (nSPS) is 12.9. The van der Waals surface area contributed by atoms with Gasteiger partial charge >= 0.3 is 11.9 Å². The summed E-state index contributed by atoms with van der Waals surface area (Å²) in [6, 6.07) is 0.437. The van der Waals surface area contributed by atoms with E-state index in [1.165, 1.54) is 0 Å². The third-order valence-corrected chi connectivity index (χ3v) is 2.28. The summed E-state index contributed by atoms with van der Waals surface area (Å²) in [5, 5.41) is 0. The second-order valence-electron chi connectivity index (χ2n) is 4.71. The maximum absolute atomic E-state index is 12.5. The van der Waals surface area contributed by atoms with Crippen molar-refractivity contribution in [2.24, 2.45) is 7.05 Å². The van der Waals surface area contributed by atoms with E-state index >= 15 is 0 Å². The molecule has 0 amide bonds. The smallest absolute Gasteiger partial charge is 0.292 e. The van der Waals surface area contributed by atoms with Crippen LogP contribution in [0.5, 0.6) is 0 Å². The van der Waals surface area contributed by atoms with E-state index < -0.39 is 28.7 Å². The highest BCUT2D eigenvalue weighted by molar-refractivity contribution is 5.07. The van der Waals surface area contributed by atoms with Crippen LogP contribution in [-0.4, -0.2) is 9.13 Å². The van der Waals surface area contributed by atoms with Gasteiger partial charge in [0.2, 0.25) is 0 Å². The molecule has 0 aromatic carbocycles. The third kappa shape index (κ3) is 2.42. The van der Waals surface area contributed by atoms with Gasteiger partial charge in [-0.15, -0.1) is 0 Å². The van der Waals surface area contributed by atoms with E-state index in [2.05, 4.69) is 0 Å². The minimum absolute atomic E-state index is 0.437. The molecule has 96 valence electrons. The Morgan fingerprint density at radius 1 is 1.12 bits per heavy atom. The van der Waals surface area contributed by atoms with Crippen LogP contribution in [0.2, 0.25) is 0 Å². The standard InChI is InChI=1S/C10H13F3N2O2/c1-9(2,3)15-7(16)5-6(10(11,12)13)14(4)8(15)17/h5H,1-4H3. The van der Waals surface area contributed by atoms with E-state index in [9.17, 15) is 22.8 Å². The van der Waals surface area contributed by atoms with Gasteiger partial charge < -0.3 is 0 Å². The molecule has 0 atom stereocenters. The average Bonchev–Trinajstić information content (AvgIpc) is 2.07. The first-order valence-electron chi connectivity index (χ1n) is 4.87. The topological polar surface area (TPSA) is 44.0 Å². The highest BCUT2D eigenvalue weighted by Gasteiger charge is 2.35. The highest BCUT2D eigenvalue weighted by Crippen LogP contribution is 2.27. The van der Waals surface area contributed by atoms with Crippen LogP contribution in [-0.2, 0) is 18.8 Å². The van der Waals surface area contributed by atoms with Crippen molar-refractivity contribution in [3.05, 3.63) is 32.6 Å². The zero-order valence-corrected chi connectivity index (χ0v) is 9.92. The maximum atomic E-state index is 12.5. The van der Waals surface area contributed by atoms with Crippen molar-refractivity contribution in [2.45, 2.75) is 32.5 Å². The summed E-state index contributed by atoms with van der Waals surface area (Å²) >= 11 is 0. The average molecular weight is 250 g/mol. The van der Waals surface area contributed by atoms with E-state index in [4.69, 9.17) is 0 Å². The van der Waals surface area contributed by atoms with Gasteiger partial charge in [-0.3, -0.25) is 13.9 Å². The van der Waals surface area contributed by atoms with E-state index in [0.29, 0.717) is 10.6 Å². The van der Waals surface area contributed by atoms with Crippen LogP contribution >= 0.6 is 0 Å². The quantitative estimate of drug-likeness (QED) is 0.697. The van der Waals surface area contributed by atoms with E-state index in [1.54, 1.807) is 20.8 Å². The fraction of sp³-hybridized carbons (Fsp3) is 0.600. The van der Waals surface area contributed by atoms with Crippen LogP contribution < -0.4 is 11.2 Å². The van der Waals surface area contributed by atoms with Crippen molar-refractivity contribution in [3.63, 3.8) is 0 Å². The van der Waals surface area contributed by atoms with E-state index in [1.807, 2.05) is 0 Å². The van der Waals surface area contributed by atoms with Crippen LogP contribution in [0.15, 0.2) is 15.7 Å². The first-order valence-corrected chi connectivity index (χ1v) is 4.87. The number of hydrogen-bond acceptors (Lipinski definition) is 2. The Bertz CT molecular complexity index is 547. The predicted molar refractivity (Wildman–Crippen MR) is 55.9 cm³/mol. The first-order chi connectivity index (χ1) is 7.46. The molecule has 7 heteroatoms. The molecule has 0 bridgehead atoms. The molecule has 1 aromatic heterocycles. The van der Waals surface area contributed by atoms with Crippen molar-refractivity contribution in [3.8, 4) is 0 Å². The summed E-state index contributed by atoms with van der Waals surface area (Å²) in [5.41, 5.74) is -4.03. The van der Waals surface area contributed by atoms with Gasteiger partial charge in [-0.05, 0) is 20.8 Å². The lowest BCUT2D eigenvalue weighted by Crippen LogP contribution is -2.48. The van der Waals surface area contributed by atoms with Crippen molar-refractivity contribution < 1.29 is 13.2 Å². The number of rotatable bonds is 0. The lowest BCUT2D eigenvalue weighted by atomic mass is 10.1. The van der Waals surface area contributed by atoms with Crippen molar-refractivity contribution >= 4 is 0 Å². The Hall–Kier alpha value is -1.53. The van der Waals surface area contributed by atoms with Crippen LogP contribution in [0.25, 0.3) is 0 Å². The van der Waals surface area contributed by atoms with Crippen molar-refractivity contribution in [1.82, 2.24) is 9.13 Å². The molecule has 1 aromatic rings. The third-order valence-electron chi connectivity index (χ3n) is 2.28. The van der Waals surface area contributed by atoms with Gasteiger partial charge in [0.25, 0.3) is 5.56 Å². The predicted octanol–water partition coefficient (Wildman–Crippen LogP) is 1.32.